The van der Waals surface area contributed by atoms with Crippen molar-refractivity contribution in [3.8, 4) is 33.8 Å². The van der Waals surface area contributed by atoms with E-state index in [-0.39, 0.29) is 5.82 Å². The number of benzene rings is 2. The summed E-state index contributed by atoms with van der Waals surface area (Å²) in [6.07, 6.45) is 6.20. The van der Waals surface area contributed by atoms with Gasteiger partial charge in [0.15, 0.2) is 0 Å². The standard InChI is InChI=1S/C29H25FN6O/c1-2-3-27(37)33-21-12-19(15-31-16-21)18-6-9-25-22(13-18)29(36-35-25)26-14-23-24(34-26)10-11-32-28(23)17-4-7-20(30)8-5-17/h4-16,27,33-34,37H,2-3H2,1H3,(H,35,36). The topological polar surface area (TPSA) is 103 Å². The summed E-state index contributed by atoms with van der Waals surface area (Å²) >= 11 is 0. The van der Waals surface area contributed by atoms with Crippen LogP contribution in [0.25, 0.3) is 55.6 Å². The van der Waals surface area contributed by atoms with Gasteiger partial charge in [0, 0.05) is 39.8 Å². The molecule has 37 heavy (non-hydrogen) atoms. The number of aromatic amines is 2. The molecule has 6 aromatic rings. The monoisotopic (exact) mass is 492 g/mol. The number of nitrogens with zero attached hydrogens (tertiary/aromatic N) is 3. The fraction of sp³-hybridized carbons (Fsp3) is 0.138. The molecule has 1 unspecified atom stereocenters. The number of aromatic nitrogens is 5. The fourth-order valence-electron chi connectivity index (χ4n) is 4.63. The first kappa shape index (κ1) is 22.9. The quantitative estimate of drug-likeness (QED) is 0.190. The Hall–Kier alpha value is -4.56. The molecule has 4 N–H and O–H groups in total. The molecule has 6 rings (SSSR count). The van der Waals surface area contributed by atoms with Gasteiger partial charge in [-0.1, -0.05) is 19.4 Å². The Kier molecular flexibility index (Phi) is 5.86. The van der Waals surface area contributed by atoms with Gasteiger partial charge in [-0.25, -0.2) is 4.39 Å². The van der Waals surface area contributed by atoms with E-state index in [0.29, 0.717) is 6.42 Å². The Morgan fingerprint density at radius 1 is 0.892 bits per heavy atom. The summed E-state index contributed by atoms with van der Waals surface area (Å²) < 4.78 is 13.5. The van der Waals surface area contributed by atoms with Gasteiger partial charge in [-0.3, -0.25) is 15.1 Å². The molecule has 1 atom stereocenters. The van der Waals surface area contributed by atoms with Gasteiger partial charge in [0.05, 0.1) is 28.8 Å². The lowest BCUT2D eigenvalue weighted by molar-refractivity contribution is 0.192. The van der Waals surface area contributed by atoms with Crippen LogP contribution in [0, 0.1) is 5.82 Å². The molecule has 0 saturated heterocycles. The van der Waals surface area contributed by atoms with Crippen LogP contribution in [0.1, 0.15) is 19.8 Å². The van der Waals surface area contributed by atoms with E-state index in [1.165, 1.54) is 12.1 Å². The highest BCUT2D eigenvalue weighted by atomic mass is 19.1. The van der Waals surface area contributed by atoms with Crippen molar-refractivity contribution in [2.45, 2.75) is 26.0 Å². The number of hydrogen-bond acceptors (Lipinski definition) is 5. The molecule has 4 heterocycles. The smallest absolute Gasteiger partial charge is 0.124 e. The van der Waals surface area contributed by atoms with Crippen LogP contribution in [0.4, 0.5) is 10.1 Å². The van der Waals surface area contributed by atoms with Crippen molar-refractivity contribution in [3.63, 3.8) is 0 Å². The Morgan fingerprint density at radius 2 is 1.70 bits per heavy atom. The van der Waals surface area contributed by atoms with E-state index in [9.17, 15) is 9.50 Å². The van der Waals surface area contributed by atoms with Crippen LogP contribution in [0.15, 0.2) is 79.3 Å². The van der Waals surface area contributed by atoms with Crippen LogP contribution in [0.2, 0.25) is 0 Å². The Bertz CT molecular complexity index is 1710. The summed E-state index contributed by atoms with van der Waals surface area (Å²) in [5, 5.41) is 22.9. The van der Waals surface area contributed by atoms with E-state index >= 15 is 0 Å². The van der Waals surface area contributed by atoms with Crippen LogP contribution in [-0.4, -0.2) is 36.5 Å². The lowest BCUT2D eigenvalue weighted by Gasteiger charge is -2.13. The van der Waals surface area contributed by atoms with Crippen molar-refractivity contribution in [3.05, 3.63) is 85.1 Å². The van der Waals surface area contributed by atoms with Gasteiger partial charge in [-0.2, -0.15) is 5.10 Å². The third-order valence-electron chi connectivity index (χ3n) is 6.45. The first-order valence-electron chi connectivity index (χ1n) is 12.2. The van der Waals surface area contributed by atoms with E-state index in [0.717, 1.165) is 67.7 Å². The summed E-state index contributed by atoms with van der Waals surface area (Å²) in [5.74, 6) is -0.280. The second-order valence-electron chi connectivity index (χ2n) is 9.05. The molecule has 184 valence electrons. The molecule has 7 nitrogen and oxygen atoms in total. The number of rotatable bonds is 7. The van der Waals surface area contributed by atoms with E-state index in [1.807, 2.05) is 43.5 Å². The summed E-state index contributed by atoms with van der Waals surface area (Å²) in [6, 6.07) is 18.4. The highest BCUT2D eigenvalue weighted by Gasteiger charge is 2.15. The molecule has 0 aliphatic carbocycles. The largest absolute Gasteiger partial charge is 0.374 e. The van der Waals surface area contributed by atoms with Crippen LogP contribution in [0.3, 0.4) is 0 Å². The molecule has 0 amide bonds. The van der Waals surface area contributed by atoms with E-state index < -0.39 is 6.23 Å². The molecule has 0 radical (unpaired) electrons. The van der Waals surface area contributed by atoms with Gasteiger partial charge in [0.2, 0.25) is 0 Å². The highest BCUT2D eigenvalue weighted by molar-refractivity contribution is 6.00. The fourth-order valence-corrected chi connectivity index (χ4v) is 4.63. The second kappa shape index (κ2) is 9.48. The zero-order valence-electron chi connectivity index (χ0n) is 20.2. The third-order valence-corrected chi connectivity index (χ3v) is 6.45. The van der Waals surface area contributed by atoms with Crippen molar-refractivity contribution < 1.29 is 9.50 Å². The Labute approximate surface area is 212 Å². The van der Waals surface area contributed by atoms with E-state index in [1.54, 1.807) is 24.5 Å². The molecule has 0 bridgehead atoms. The van der Waals surface area contributed by atoms with Gasteiger partial charge >= 0.3 is 0 Å². The van der Waals surface area contributed by atoms with Gasteiger partial charge in [-0.15, -0.1) is 0 Å². The maximum atomic E-state index is 13.5. The van der Waals surface area contributed by atoms with Crippen LogP contribution in [-0.2, 0) is 0 Å². The van der Waals surface area contributed by atoms with Gasteiger partial charge in [0.25, 0.3) is 0 Å². The zero-order chi connectivity index (χ0) is 25.4. The molecular formula is C29H25FN6O. The summed E-state index contributed by atoms with van der Waals surface area (Å²) in [4.78, 5) is 12.4. The van der Waals surface area contributed by atoms with Crippen LogP contribution in [0.5, 0.6) is 0 Å². The van der Waals surface area contributed by atoms with Gasteiger partial charge < -0.3 is 15.4 Å². The minimum atomic E-state index is -0.610. The second-order valence-corrected chi connectivity index (χ2v) is 9.05. The number of hydrogen-bond donors (Lipinski definition) is 4. The van der Waals surface area contributed by atoms with Crippen molar-refractivity contribution in [1.82, 2.24) is 25.1 Å². The number of nitrogens with one attached hydrogen (secondary N) is 3. The number of halogens is 1. The normalized spacial score (nSPS) is 12.3. The van der Waals surface area contributed by atoms with Gasteiger partial charge in [-0.05, 0) is 66.6 Å². The Balaban J connectivity index is 1.39. The molecule has 2 aromatic carbocycles. The maximum absolute atomic E-state index is 13.5. The lowest BCUT2D eigenvalue weighted by Crippen LogP contribution is -2.18. The lowest BCUT2D eigenvalue weighted by atomic mass is 10.0. The van der Waals surface area contributed by atoms with Crippen molar-refractivity contribution >= 4 is 27.5 Å². The average Bonchev–Trinajstić information content (AvgIpc) is 3.53. The molecule has 0 aliphatic heterocycles. The van der Waals surface area contributed by atoms with E-state index in [2.05, 4.69) is 36.5 Å². The minimum Gasteiger partial charge on any atom is -0.374 e. The van der Waals surface area contributed by atoms with Crippen molar-refractivity contribution in [1.29, 1.82) is 0 Å². The minimum absolute atomic E-state index is 0.280. The molecule has 0 saturated carbocycles. The predicted molar refractivity (Wildman–Crippen MR) is 144 cm³/mol. The summed E-state index contributed by atoms with van der Waals surface area (Å²) in [5.41, 5.74) is 7.79. The number of anilines is 1. The number of aliphatic hydroxyl groups excluding tert-OH is 1. The number of fused-ring (bicyclic) bond motifs is 2. The Morgan fingerprint density at radius 3 is 2.54 bits per heavy atom. The highest BCUT2D eigenvalue weighted by Crippen LogP contribution is 2.34. The van der Waals surface area contributed by atoms with E-state index in [4.69, 9.17) is 0 Å². The molecule has 8 heteroatoms. The molecule has 0 fully saturated rings. The molecule has 0 aliphatic rings. The predicted octanol–water partition coefficient (Wildman–Crippen LogP) is 6.50. The number of aliphatic hydroxyl groups is 1. The van der Waals surface area contributed by atoms with Crippen molar-refractivity contribution in [2.75, 3.05) is 5.32 Å². The number of H-pyrrole nitrogens is 2. The third kappa shape index (κ3) is 4.43. The molecule has 4 aromatic heterocycles. The first-order valence-corrected chi connectivity index (χ1v) is 12.2. The zero-order valence-corrected chi connectivity index (χ0v) is 20.2. The van der Waals surface area contributed by atoms with Crippen LogP contribution >= 0.6 is 0 Å². The van der Waals surface area contributed by atoms with Gasteiger partial charge in [0.1, 0.15) is 17.7 Å². The number of pyridine rings is 2. The molecule has 0 spiro atoms. The first-order chi connectivity index (χ1) is 18.1. The maximum Gasteiger partial charge on any atom is 0.124 e. The summed E-state index contributed by atoms with van der Waals surface area (Å²) in [7, 11) is 0. The van der Waals surface area contributed by atoms with Crippen LogP contribution < -0.4 is 5.32 Å². The SMILES string of the molecule is CCCC(O)Nc1cncc(-c2ccc3[nH]nc(-c4cc5c(-c6ccc(F)cc6)nccc5[nH]4)c3c2)c1. The van der Waals surface area contributed by atoms with Crippen molar-refractivity contribution in [2.24, 2.45) is 0 Å². The summed E-state index contributed by atoms with van der Waals surface area (Å²) in [6.45, 7) is 2.03. The molecular weight excluding hydrogens is 467 g/mol. The average molecular weight is 493 g/mol.